The Morgan fingerprint density at radius 2 is 1.93 bits per heavy atom. The Bertz CT molecular complexity index is 1180. The number of carbonyl (C=O) groups excluding carboxylic acids is 1. The van der Waals surface area contributed by atoms with Crippen molar-refractivity contribution >= 4 is 28.5 Å². The molecule has 2 aromatic rings. The van der Waals surface area contributed by atoms with Gasteiger partial charge in [-0.1, -0.05) is 30.7 Å². The number of rotatable bonds is 5. The number of hydrogen-bond acceptors (Lipinski definition) is 4. The summed E-state index contributed by atoms with van der Waals surface area (Å²) in [5.74, 6) is 0.164. The highest BCUT2D eigenvalue weighted by atomic mass is 35.5. The van der Waals surface area contributed by atoms with Crippen LogP contribution < -0.4 is 10.9 Å². The van der Waals surface area contributed by atoms with E-state index in [1.807, 2.05) is 31.2 Å². The first-order valence-electron chi connectivity index (χ1n) is 9.03. The first-order chi connectivity index (χ1) is 13.6. The number of nitrogens with one attached hydrogen (secondary N) is 1. The van der Waals surface area contributed by atoms with Gasteiger partial charge in [-0.15, -0.1) is 0 Å². The maximum atomic E-state index is 13.1. The van der Waals surface area contributed by atoms with Crippen molar-refractivity contribution in [3.05, 3.63) is 63.9 Å². The Morgan fingerprint density at radius 3 is 2.68 bits per heavy atom. The number of nitrogens with zero attached hydrogens (tertiary/aromatic N) is 2. The minimum Gasteiger partial charge on any atom is -0.455 e. The van der Waals surface area contributed by atoms with Crippen LogP contribution in [-0.4, -0.2) is 22.2 Å². The number of fused-ring (bicyclic) bond motifs is 3. The van der Waals surface area contributed by atoms with Crippen LogP contribution >= 0.6 is 11.6 Å². The van der Waals surface area contributed by atoms with E-state index in [1.165, 1.54) is 4.68 Å². The summed E-state index contributed by atoms with van der Waals surface area (Å²) in [6.45, 7) is 2.39. The lowest BCUT2D eigenvalue weighted by Crippen LogP contribution is -2.32. The standard InChI is InChI=1S/C21H18ClN3O3/c1-2-11-23-17(26)12-25-21(27)18-19(24-25)15-5-3-4-6-16(15)28-20(18)13-7-9-14(22)10-8-13/h3-10H,2,11-12H2,1H3,(H,23,26). The maximum absolute atomic E-state index is 13.1. The smallest absolute Gasteiger partial charge is 0.280 e. The Hall–Kier alpha value is -3.12. The number of halogens is 1. The average Bonchev–Trinajstić information content (AvgIpc) is 3.03. The van der Waals surface area contributed by atoms with Gasteiger partial charge < -0.3 is 9.73 Å². The molecule has 2 aromatic carbocycles. The molecule has 28 heavy (non-hydrogen) atoms. The van der Waals surface area contributed by atoms with Gasteiger partial charge in [0.1, 0.15) is 29.1 Å². The maximum Gasteiger partial charge on any atom is 0.280 e. The molecular weight excluding hydrogens is 378 g/mol. The number of benzene rings is 2. The zero-order valence-electron chi connectivity index (χ0n) is 15.2. The summed E-state index contributed by atoms with van der Waals surface area (Å²) in [5, 5.41) is 8.53. The SMILES string of the molecule is CCCNC(=O)Cn1nc2c3ccccc3oc(-c3ccc(Cl)cc3)c-2c1=O. The van der Waals surface area contributed by atoms with Crippen molar-refractivity contribution in [1.82, 2.24) is 15.1 Å². The molecule has 0 aromatic heterocycles. The fraction of sp³-hybridized carbons (Fsp3) is 0.190. The molecule has 7 heteroatoms. The lowest BCUT2D eigenvalue weighted by Gasteiger charge is -2.08. The van der Waals surface area contributed by atoms with Gasteiger partial charge in [0.15, 0.2) is 0 Å². The van der Waals surface area contributed by atoms with E-state index in [9.17, 15) is 9.59 Å². The molecule has 142 valence electrons. The van der Waals surface area contributed by atoms with Crippen molar-refractivity contribution in [1.29, 1.82) is 0 Å². The normalized spacial score (nSPS) is 11.2. The highest BCUT2D eigenvalue weighted by Gasteiger charge is 2.26. The van der Waals surface area contributed by atoms with Crippen molar-refractivity contribution in [3.8, 4) is 22.6 Å². The van der Waals surface area contributed by atoms with Gasteiger partial charge in [-0.3, -0.25) is 9.59 Å². The molecular formula is C21H18ClN3O3. The minimum absolute atomic E-state index is 0.137. The third-order valence-electron chi connectivity index (χ3n) is 4.46. The molecule has 1 amide bonds. The van der Waals surface area contributed by atoms with E-state index in [4.69, 9.17) is 16.0 Å². The van der Waals surface area contributed by atoms with E-state index in [0.29, 0.717) is 39.7 Å². The van der Waals surface area contributed by atoms with Crippen molar-refractivity contribution in [2.45, 2.75) is 19.9 Å². The van der Waals surface area contributed by atoms with E-state index in [2.05, 4.69) is 10.4 Å². The van der Waals surface area contributed by atoms with Crippen LogP contribution in [0.2, 0.25) is 5.02 Å². The second-order valence-corrected chi connectivity index (χ2v) is 6.91. The Balaban J connectivity index is 1.92. The largest absolute Gasteiger partial charge is 0.455 e. The summed E-state index contributed by atoms with van der Waals surface area (Å²) in [6.07, 6.45) is 0.821. The summed E-state index contributed by atoms with van der Waals surface area (Å²) in [5.41, 5.74) is 1.83. The summed E-state index contributed by atoms with van der Waals surface area (Å²) < 4.78 is 7.26. The number of carbonyl (C=O) groups is 1. The van der Waals surface area contributed by atoms with Gasteiger partial charge in [-0.05, 0) is 42.8 Å². The van der Waals surface area contributed by atoms with Crippen LogP contribution in [0, 0.1) is 0 Å². The molecule has 4 rings (SSSR count). The van der Waals surface area contributed by atoms with Gasteiger partial charge in [0, 0.05) is 22.5 Å². The van der Waals surface area contributed by atoms with Crippen LogP contribution in [0.4, 0.5) is 0 Å². The van der Waals surface area contributed by atoms with Crippen LogP contribution in [0.3, 0.4) is 0 Å². The van der Waals surface area contributed by atoms with Crippen LogP contribution in [0.1, 0.15) is 13.3 Å². The summed E-state index contributed by atoms with van der Waals surface area (Å²) in [4.78, 5) is 25.2. The quantitative estimate of drug-likeness (QED) is 0.555. The fourth-order valence-electron chi connectivity index (χ4n) is 3.12. The molecule has 0 bridgehead atoms. The molecule has 0 fully saturated rings. The molecule has 0 atom stereocenters. The molecule has 2 aliphatic rings. The topological polar surface area (TPSA) is 77.1 Å². The first-order valence-corrected chi connectivity index (χ1v) is 9.41. The monoisotopic (exact) mass is 395 g/mol. The van der Waals surface area contributed by atoms with E-state index in [0.717, 1.165) is 11.8 Å². The van der Waals surface area contributed by atoms with Gasteiger partial charge in [-0.2, -0.15) is 5.10 Å². The number of hydrogen-bond donors (Lipinski definition) is 1. The number of amides is 1. The Morgan fingerprint density at radius 1 is 1.18 bits per heavy atom. The molecule has 6 nitrogen and oxygen atoms in total. The Kier molecular flexibility index (Phi) is 4.88. The molecule has 1 N–H and O–H groups in total. The fourth-order valence-corrected chi connectivity index (χ4v) is 3.25. The highest BCUT2D eigenvalue weighted by molar-refractivity contribution is 6.30. The van der Waals surface area contributed by atoms with Gasteiger partial charge in [0.05, 0.1) is 0 Å². The minimum atomic E-state index is -0.360. The van der Waals surface area contributed by atoms with E-state index < -0.39 is 0 Å². The summed E-state index contributed by atoms with van der Waals surface area (Å²) >= 11 is 5.99. The molecule has 0 saturated carbocycles. The molecule has 2 aliphatic heterocycles. The van der Waals surface area contributed by atoms with Crippen molar-refractivity contribution < 1.29 is 9.21 Å². The number of aromatic nitrogens is 2. The zero-order valence-corrected chi connectivity index (χ0v) is 16.0. The van der Waals surface area contributed by atoms with Crippen LogP contribution in [0.15, 0.2) is 57.7 Å². The lowest BCUT2D eigenvalue weighted by molar-refractivity contribution is -0.121. The first kappa shape index (κ1) is 18.3. The predicted octanol–water partition coefficient (Wildman–Crippen LogP) is 3.94. The zero-order chi connectivity index (χ0) is 19.7. The molecule has 0 radical (unpaired) electrons. The lowest BCUT2D eigenvalue weighted by atomic mass is 10.0. The van der Waals surface area contributed by atoms with Crippen LogP contribution in [0.5, 0.6) is 0 Å². The molecule has 0 aliphatic carbocycles. The third-order valence-corrected chi connectivity index (χ3v) is 4.71. The van der Waals surface area contributed by atoms with Gasteiger partial charge in [0.2, 0.25) is 5.91 Å². The number of para-hydroxylation sites is 1. The predicted molar refractivity (Wildman–Crippen MR) is 109 cm³/mol. The summed E-state index contributed by atoms with van der Waals surface area (Å²) in [7, 11) is 0. The van der Waals surface area contributed by atoms with Crippen molar-refractivity contribution in [2.24, 2.45) is 0 Å². The average molecular weight is 396 g/mol. The molecule has 0 spiro atoms. The van der Waals surface area contributed by atoms with Crippen LogP contribution in [0.25, 0.3) is 33.6 Å². The van der Waals surface area contributed by atoms with Gasteiger partial charge in [0.25, 0.3) is 5.56 Å². The molecule has 0 saturated heterocycles. The van der Waals surface area contributed by atoms with E-state index >= 15 is 0 Å². The van der Waals surface area contributed by atoms with Gasteiger partial charge in [-0.25, -0.2) is 4.68 Å². The van der Waals surface area contributed by atoms with Crippen LogP contribution in [-0.2, 0) is 11.3 Å². The third kappa shape index (κ3) is 3.27. The van der Waals surface area contributed by atoms with Crippen molar-refractivity contribution in [3.63, 3.8) is 0 Å². The Labute approximate surface area is 166 Å². The summed E-state index contributed by atoms with van der Waals surface area (Å²) in [6, 6.07) is 14.4. The van der Waals surface area contributed by atoms with E-state index in [1.54, 1.807) is 24.3 Å². The van der Waals surface area contributed by atoms with E-state index in [-0.39, 0.29) is 18.0 Å². The molecule has 0 unspecified atom stereocenters. The second-order valence-electron chi connectivity index (χ2n) is 6.47. The second kappa shape index (κ2) is 7.48. The molecule has 2 heterocycles. The highest BCUT2D eigenvalue weighted by Crippen LogP contribution is 2.36. The van der Waals surface area contributed by atoms with Crippen molar-refractivity contribution in [2.75, 3.05) is 6.54 Å². The van der Waals surface area contributed by atoms with Gasteiger partial charge >= 0.3 is 0 Å².